The molecule has 2 aromatic carbocycles. The van der Waals surface area contributed by atoms with Gasteiger partial charge in [-0.3, -0.25) is 0 Å². The highest BCUT2D eigenvalue weighted by atomic mass is 16.5. The number of phenols is 1. The predicted molar refractivity (Wildman–Crippen MR) is 110 cm³/mol. The van der Waals surface area contributed by atoms with Crippen molar-refractivity contribution in [3.63, 3.8) is 0 Å². The van der Waals surface area contributed by atoms with Crippen LogP contribution in [0.2, 0.25) is 0 Å². The molecule has 0 radical (unpaired) electrons. The summed E-state index contributed by atoms with van der Waals surface area (Å²) in [6.07, 6.45) is 2.98. The maximum Gasteiger partial charge on any atom is 0.337 e. The van der Waals surface area contributed by atoms with E-state index in [0.717, 1.165) is 17.5 Å². The number of esters is 1. The van der Waals surface area contributed by atoms with Gasteiger partial charge in [-0.1, -0.05) is 35.9 Å². The Balaban J connectivity index is 2.03. The molecule has 0 aromatic heterocycles. The van der Waals surface area contributed by atoms with Gasteiger partial charge in [0.25, 0.3) is 0 Å². The molecule has 1 N–H and O–H groups in total. The zero-order valence-corrected chi connectivity index (χ0v) is 17.2. The Hall–Kier alpha value is -2.59. The van der Waals surface area contributed by atoms with E-state index in [2.05, 4.69) is 33.8 Å². The van der Waals surface area contributed by atoms with Gasteiger partial charge in [0.1, 0.15) is 5.75 Å². The molecule has 1 aliphatic rings. The van der Waals surface area contributed by atoms with Crippen molar-refractivity contribution in [2.24, 2.45) is 0 Å². The zero-order chi connectivity index (χ0) is 20.5. The van der Waals surface area contributed by atoms with E-state index in [1.165, 1.54) is 12.7 Å². The van der Waals surface area contributed by atoms with Crippen molar-refractivity contribution in [1.29, 1.82) is 0 Å². The Morgan fingerprint density at radius 3 is 2.25 bits per heavy atom. The Kier molecular flexibility index (Phi) is 5.35. The lowest BCUT2D eigenvalue weighted by Gasteiger charge is -2.48. The number of benzene rings is 2. The molecule has 1 fully saturated rings. The van der Waals surface area contributed by atoms with Crippen LogP contribution in [0.3, 0.4) is 0 Å². The normalized spacial score (nSPS) is 22.0. The molecule has 2 aromatic rings. The lowest BCUT2D eigenvalue weighted by atomic mass is 9.72. The number of aromatic hydroxyl groups is 1. The average Bonchev–Trinajstić information content (AvgIpc) is 2.61. The van der Waals surface area contributed by atoms with E-state index in [4.69, 9.17) is 9.47 Å². The summed E-state index contributed by atoms with van der Waals surface area (Å²) in [5.74, 6) is -0.0292. The highest BCUT2D eigenvalue weighted by molar-refractivity contribution is 5.89. The molecule has 0 saturated carbocycles. The molecule has 1 saturated heterocycles. The third-order valence-corrected chi connectivity index (χ3v) is 5.15. The van der Waals surface area contributed by atoms with E-state index >= 15 is 0 Å². The fraction of sp³-hybridized carbons (Fsp3) is 0.375. The van der Waals surface area contributed by atoms with Gasteiger partial charge in [-0.25, -0.2) is 4.79 Å². The number of ether oxygens (including phenoxy) is 2. The van der Waals surface area contributed by atoms with E-state index in [0.29, 0.717) is 5.56 Å². The Bertz CT molecular complexity index is 874. The fourth-order valence-electron chi connectivity index (χ4n) is 4.31. The van der Waals surface area contributed by atoms with Gasteiger partial charge in [0.05, 0.1) is 23.9 Å². The van der Waals surface area contributed by atoms with Gasteiger partial charge in [0.15, 0.2) is 0 Å². The highest BCUT2D eigenvalue weighted by Crippen LogP contribution is 2.48. The molecule has 148 valence electrons. The largest absolute Gasteiger partial charge is 0.508 e. The third kappa shape index (κ3) is 4.28. The molecule has 3 rings (SSSR count). The van der Waals surface area contributed by atoms with Crippen LogP contribution in [-0.4, -0.2) is 29.4 Å². The van der Waals surface area contributed by atoms with E-state index in [9.17, 15) is 9.90 Å². The minimum atomic E-state index is -0.406. The monoisotopic (exact) mass is 380 g/mol. The number of hydrogen-bond donors (Lipinski definition) is 1. The third-order valence-electron chi connectivity index (χ3n) is 5.15. The molecule has 28 heavy (non-hydrogen) atoms. The zero-order valence-electron chi connectivity index (χ0n) is 17.2. The maximum absolute atomic E-state index is 11.7. The van der Waals surface area contributed by atoms with Gasteiger partial charge in [0.2, 0.25) is 0 Å². The van der Waals surface area contributed by atoms with Crippen LogP contribution in [0.4, 0.5) is 0 Å². The quantitative estimate of drug-likeness (QED) is 0.732. The van der Waals surface area contributed by atoms with E-state index in [1.807, 2.05) is 24.3 Å². The number of phenolic OH excluding ortho intramolecular Hbond substituents is 1. The van der Waals surface area contributed by atoms with Crippen LogP contribution < -0.4 is 0 Å². The van der Waals surface area contributed by atoms with Crippen molar-refractivity contribution in [2.45, 2.75) is 51.2 Å². The summed E-state index contributed by atoms with van der Waals surface area (Å²) in [4.78, 5) is 11.7. The van der Waals surface area contributed by atoms with Gasteiger partial charge in [0, 0.05) is 5.92 Å². The topological polar surface area (TPSA) is 55.8 Å². The first kappa shape index (κ1) is 20.2. The molecule has 0 bridgehead atoms. The first-order valence-electron chi connectivity index (χ1n) is 9.49. The number of hydrogen-bond acceptors (Lipinski definition) is 4. The Morgan fingerprint density at radius 1 is 1.07 bits per heavy atom. The van der Waals surface area contributed by atoms with Gasteiger partial charge in [-0.15, -0.1) is 0 Å². The van der Waals surface area contributed by atoms with Crippen LogP contribution in [0.25, 0.3) is 6.08 Å². The second kappa shape index (κ2) is 7.44. The molecular weight excluding hydrogens is 352 g/mol. The van der Waals surface area contributed by atoms with Crippen molar-refractivity contribution in [3.05, 3.63) is 70.8 Å². The fourth-order valence-corrected chi connectivity index (χ4v) is 4.31. The minimum Gasteiger partial charge on any atom is -0.508 e. The molecule has 0 spiro atoms. The summed E-state index contributed by atoms with van der Waals surface area (Å²) < 4.78 is 11.2. The van der Waals surface area contributed by atoms with Crippen LogP contribution >= 0.6 is 0 Å². The van der Waals surface area contributed by atoms with Crippen molar-refractivity contribution < 1.29 is 19.4 Å². The smallest absolute Gasteiger partial charge is 0.337 e. The number of carbonyl (C=O) groups excluding carboxylic acids is 1. The lowest BCUT2D eigenvalue weighted by molar-refractivity contribution is -0.148. The Morgan fingerprint density at radius 2 is 1.68 bits per heavy atom. The molecule has 1 unspecified atom stereocenters. The Labute approximate surface area is 166 Å². The van der Waals surface area contributed by atoms with Crippen molar-refractivity contribution >= 4 is 12.0 Å². The summed E-state index contributed by atoms with van der Waals surface area (Å²) >= 11 is 0. The van der Waals surface area contributed by atoms with Crippen molar-refractivity contribution in [3.8, 4) is 5.75 Å². The maximum atomic E-state index is 11.7. The van der Waals surface area contributed by atoms with E-state index in [-0.39, 0.29) is 23.2 Å². The van der Waals surface area contributed by atoms with E-state index in [1.54, 1.807) is 24.3 Å². The molecule has 1 atom stereocenters. The van der Waals surface area contributed by atoms with Crippen molar-refractivity contribution in [1.82, 2.24) is 0 Å². The van der Waals surface area contributed by atoms with Gasteiger partial charge >= 0.3 is 5.97 Å². The molecule has 0 amide bonds. The van der Waals surface area contributed by atoms with Crippen LogP contribution in [0.5, 0.6) is 5.75 Å². The first-order chi connectivity index (χ1) is 13.1. The average molecular weight is 380 g/mol. The number of carbonyl (C=O) groups is 1. The molecule has 4 heteroatoms. The van der Waals surface area contributed by atoms with E-state index < -0.39 is 5.60 Å². The highest BCUT2D eigenvalue weighted by Gasteiger charge is 2.44. The summed E-state index contributed by atoms with van der Waals surface area (Å²) in [6, 6.07) is 14.8. The molecule has 0 aliphatic carbocycles. The molecule has 4 nitrogen and oxygen atoms in total. The summed E-state index contributed by atoms with van der Waals surface area (Å²) in [5.41, 5.74) is 3.24. The molecular formula is C24H28O4. The first-order valence-corrected chi connectivity index (χ1v) is 9.49. The second-order valence-corrected chi connectivity index (χ2v) is 8.50. The SMILES string of the molecule is COC(=O)c1ccc(C=C2CC(C)(C)OC(C)(C)C2c2ccc(O)cc2)cc1. The summed E-state index contributed by atoms with van der Waals surface area (Å²) in [6.45, 7) is 8.44. The van der Waals surface area contributed by atoms with Crippen molar-refractivity contribution in [2.75, 3.05) is 7.11 Å². The number of methoxy groups -OCH3 is 1. The van der Waals surface area contributed by atoms with Gasteiger partial charge in [-0.05, 0) is 69.5 Å². The summed E-state index contributed by atoms with van der Waals surface area (Å²) in [5, 5.41) is 9.68. The van der Waals surface area contributed by atoms with Crippen LogP contribution in [0.1, 0.15) is 61.5 Å². The van der Waals surface area contributed by atoms with Gasteiger partial charge in [-0.2, -0.15) is 0 Å². The standard InChI is InChI=1S/C24H28O4/c1-23(2)15-19(14-16-6-8-18(9-7-16)22(26)27-5)21(24(3,4)28-23)17-10-12-20(25)13-11-17/h6-14,21,25H,15H2,1-5H3. The van der Waals surface area contributed by atoms with Gasteiger partial charge < -0.3 is 14.6 Å². The molecule has 1 heterocycles. The second-order valence-electron chi connectivity index (χ2n) is 8.50. The summed E-state index contributed by atoms with van der Waals surface area (Å²) in [7, 11) is 1.38. The predicted octanol–water partition coefficient (Wildman–Crippen LogP) is 5.32. The minimum absolute atomic E-state index is 0.0569. The van der Waals surface area contributed by atoms with Crippen LogP contribution in [0.15, 0.2) is 54.1 Å². The number of rotatable bonds is 3. The molecule has 1 aliphatic heterocycles. The van der Waals surface area contributed by atoms with Crippen LogP contribution in [0, 0.1) is 0 Å². The van der Waals surface area contributed by atoms with Crippen LogP contribution in [-0.2, 0) is 9.47 Å². The lowest BCUT2D eigenvalue weighted by Crippen LogP contribution is -2.47.